The van der Waals surface area contributed by atoms with Crippen molar-refractivity contribution in [1.82, 2.24) is 9.97 Å². The largest absolute Gasteiger partial charge is 0.359 e. The monoisotopic (exact) mass is 492 g/mol. The van der Waals surface area contributed by atoms with Crippen LogP contribution in [0.3, 0.4) is 0 Å². The minimum Gasteiger partial charge on any atom is -0.359 e. The Labute approximate surface area is 220 Å². The maximum absolute atomic E-state index is 12.8. The van der Waals surface area contributed by atoms with Gasteiger partial charge < -0.3 is 9.97 Å². The topological polar surface area (TPSA) is 65.7 Å². The zero-order valence-corrected chi connectivity index (χ0v) is 20.5. The van der Waals surface area contributed by atoms with Gasteiger partial charge in [-0.2, -0.15) is 0 Å². The molecule has 0 aliphatic rings. The minimum absolute atomic E-state index is 0.0938. The van der Waals surface area contributed by atoms with Crippen molar-refractivity contribution in [2.75, 3.05) is 0 Å². The molecule has 0 unspecified atom stereocenters. The van der Waals surface area contributed by atoms with Gasteiger partial charge in [0.1, 0.15) is 0 Å². The molecule has 0 radical (unpaired) electrons. The van der Waals surface area contributed by atoms with Gasteiger partial charge in [0.25, 0.3) is 0 Å². The lowest BCUT2D eigenvalue weighted by atomic mass is 9.86. The molecule has 0 saturated carbocycles. The number of hydrogen-bond donors (Lipinski definition) is 2. The molecular formula is C34H24N2O2. The highest BCUT2D eigenvalue weighted by Gasteiger charge is 2.16. The predicted octanol–water partition coefficient (Wildman–Crippen LogP) is 8.11. The Balaban J connectivity index is 1.58. The number of ketones is 2. The number of fused-ring (bicyclic) bond motifs is 2. The van der Waals surface area contributed by atoms with E-state index in [-0.39, 0.29) is 11.6 Å². The number of hydrogen-bond acceptors (Lipinski definition) is 2. The summed E-state index contributed by atoms with van der Waals surface area (Å²) in [6, 6.07) is 31.9. The number of aromatic amines is 2. The maximum Gasteiger partial charge on any atom is 0.201 e. The SMILES string of the molecule is O=C(/C=C\c1ccc2ccccc2c1-c1c(/C=C\C(=O)c2ccc[nH]2)ccc2ccccc12)c1ccc[nH]1. The van der Waals surface area contributed by atoms with Crippen molar-refractivity contribution in [2.45, 2.75) is 0 Å². The molecule has 2 heterocycles. The fraction of sp³-hybridized carbons (Fsp3) is 0. The molecule has 0 aliphatic carbocycles. The standard InChI is InChI=1S/C34H24N2O2/c37-31(29-11-5-21-35-29)19-17-25-15-13-23-7-1-3-9-27(23)33(25)34-26(16-14-24-8-2-4-10-28(24)34)18-20-32(38)30-12-6-22-36-30/h1-22,35-36H/b19-17-,20-18-. The van der Waals surface area contributed by atoms with E-state index >= 15 is 0 Å². The number of carbonyl (C=O) groups excluding carboxylic acids is 2. The number of carbonyl (C=O) groups is 2. The summed E-state index contributed by atoms with van der Waals surface area (Å²) < 4.78 is 0. The van der Waals surface area contributed by atoms with Gasteiger partial charge in [-0.05, 0) is 80.2 Å². The molecule has 182 valence electrons. The molecule has 4 heteroatoms. The second-order valence-corrected chi connectivity index (χ2v) is 9.06. The minimum atomic E-state index is -0.0938. The lowest BCUT2D eigenvalue weighted by molar-refractivity contribution is 0.103. The summed E-state index contributed by atoms with van der Waals surface area (Å²) in [6.45, 7) is 0. The first-order valence-electron chi connectivity index (χ1n) is 12.4. The van der Waals surface area contributed by atoms with Crippen LogP contribution in [0.2, 0.25) is 0 Å². The molecule has 0 spiro atoms. The maximum atomic E-state index is 12.8. The summed E-state index contributed by atoms with van der Waals surface area (Å²) in [5.74, 6) is -0.188. The van der Waals surface area contributed by atoms with Crippen molar-refractivity contribution in [3.8, 4) is 11.1 Å². The van der Waals surface area contributed by atoms with E-state index in [4.69, 9.17) is 0 Å². The van der Waals surface area contributed by atoms with Crippen LogP contribution >= 0.6 is 0 Å². The number of nitrogens with one attached hydrogen (secondary N) is 2. The second-order valence-electron chi connectivity index (χ2n) is 9.06. The van der Waals surface area contributed by atoms with Gasteiger partial charge in [0, 0.05) is 12.4 Å². The molecule has 2 aromatic heterocycles. The first kappa shape index (κ1) is 23.2. The van der Waals surface area contributed by atoms with Crippen molar-refractivity contribution in [2.24, 2.45) is 0 Å². The van der Waals surface area contributed by atoms with Gasteiger partial charge in [-0.3, -0.25) is 9.59 Å². The van der Waals surface area contributed by atoms with Gasteiger partial charge >= 0.3 is 0 Å². The van der Waals surface area contributed by atoms with Crippen LogP contribution in [0.15, 0.2) is 122 Å². The Kier molecular flexibility index (Phi) is 6.12. The van der Waals surface area contributed by atoms with E-state index in [0.717, 1.165) is 43.8 Å². The summed E-state index contributed by atoms with van der Waals surface area (Å²) in [5.41, 5.74) is 4.96. The molecule has 0 bridgehead atoms. The van der Waals surface area contributed by atoms with Gasteiger partial charge in [-0.1, -0.05) is 84.9 Å². The Morgan fingerprint density at radius 2 is 0.947 bits per heavy atom. The van der Waals surface area contributed by atoms with Crippen molar-refractivity contribution in [3.63, 3.8) is 0 Å². The van der Waals surface area contributed by atoms with Crippen molar-refractivity contribution >= 4 is 45.3 Å². The fourth-order valence-electron chi connectivity index (χ4n) is 4.89. The Morgan fingerprint density at radius 1 is 0.500 bits per heavy atom. The number of H-pyrrole nitrogens is 2. The van der Waals surface area contributed by atoms with E-state index < -0.39 is 0 Å². The quantitative estimate of drug-likeness (QED) is 0.175. The lowest BCUT2D eigenvalue weighted by Crippen LogP contribution is -1.96. The molecule has 0 fully saturated rings. The highest BCUT2D eigenvalue weighted by atomic mass is 16.1. The van der Waals surface area contributed by atoms with Crippen LogP contribution in [0.4, 0.5) is 0 Å². The molecule has 0 atom stereocenters. The molecule has 0 amide bonds. The molecule has 6 rings (SSSR count). The highest BCUT2D eigenvalue weighted by Crippen LogP contribution is 2.40. The average molecular weight is 493 g/mol. The molecule has 0 aliphatic heterocycles. The third kappa shape index (κ3) is 4.40. The smallest absolute Gasteiger partial charge is 0.201 e. The van der Waals surface area contributed by atoms with Gasteiger partial charge in [0.15, 0.2) is 0 Å². The van der Waals surface area contributed by atoms with Gasteiger partial charge in [0.2, 0.25) is 11.6 Å². The molecule has 2 N–H and O–H groups in total. The van der Waals surface area contributed by atoms with Gasteiger partial charge in [-0.25, -0.2) is 0 Å². The Hall–Kier alpha value is -5.22. The molecule has 6 aromatic rings. The Morgan fingerprint density at radius 3 is 1.37 bits per heavy atom. The van der Waals surface area contributed by atoms with Crippen LogP contribution in [0.25, 0.3) is 44.8 Å². The first-order chi connectivity index (χ1) is 18.7. The predicted molar refractivity (Wildman–Crippen MR) is 155 cm³/mol. The zero-order chi connectivity index (χ0) is 25.9. The summed E-state index contributed by atoms with van der Waals surface area (Å²) in [6.07, 6.45) is 10.5. The van der Waals surface area contributed by atoms with Crippen LogP contribution in [-0.2, 0) is 0 Å². The molecule has 4 aromatic carbocycles. The third-order valence-electron chi connectivity index (χ3n) is 6.73. The van der Waals surface area contributed by atoms with Crippen LogP contribution in [0, 0.1) is 0 Å². The summed E-state index contributed by atoms with van der Waals surface area (Å²) in [7, 11) is 0. The molecule has 0 saturated heterocycles. The van der Waals surface area contributed by atoms with E-state index in [9.17, 15) is 9.59 Å². The number of allylic oxidation sites excluding steroid dienone is 2. The number of benzene rings is 4. The second kappa shape index (κ2) is 10.0. The zero-order valence-electron chi connectivity index (χ0n) is 20.5. The average Bonchev–Trinajstić information content (AvgIpc) is 3.69. The van der Waals surface area contributed by atoms with Crippen LogP contribution in [0.5, 0.6) is 0 Å². The summed E-state index contributed by atoms with van der Waals surface area (Å²) >= 11 is 0. The lowest BCUT2D eigenvalue weighted by Gasteiger charge is -2.17. The first-order valence-corrected chi connectivity index (χ1v) is 12.4. The van der Waals surface area contributed by atoms with E-state index in [1.807, 2.05) is 48.6 Å². The van der Waals surface area contributed by atoms with Gasteiger partial charge in [-0.15, -0.1) is 0 Å². The van der Waals surface area contributed by atoms with E-state index in [2.05, 4.69) is 58.5 Å². The van der Waals surface area contributed by atoms with Crippen LogP contribution in [-0.4, -0.2) is 21.5 Å². The van der Waals surface area contributed by atoms with Crippen LogP contribution in [0.1, 0.15) is 32.1 Å². The normalized spacial score (nSPS) is 11.7. The van der Waals surface area contributed by atoms with Crippen molar-refractivity contribution in [3.05, 3.63) is 144 Å². The van der Waals surface area contributed by atoms with Crippen molar-refractivity contribution < 1.29 is 9.59 Å². The molecular weight excluding hydrogens is 468 g/mol. The molecule has 38 heavy (non-hydrogen) atoms. The van der Waals surface area contributed by atoms with Crippen molar-refractivity contribution in [1.29, 1.82) is 0 Å². The summed E-state index contributed by atoms with van der Waals surface area (Å²) in [5, 5.41) is 4.34. The number of aromatic nitrogens is 2. The highest BCUT2D eigenvalue weighted by molar-refractivity contribution is 6.13. The van der Waals surface area contributed by atoms with E-state index in [0.29, 0.717) is 11.4 Å². The number of rotatable bonds is 7. The van der Waals surface area contributed by atoms with E-state index in [1.54, 1.807) is 36.7 Å². The molecule has 4 nitrogen and oxygen atoms in total. The van der Waals surface area contributed by atoms with E-state index in [1.165, 1.54) is 0 Å². The third-order valence-corrected chi connectivity index (χ3v) is 6.73. The summed E-state index contributed by atoms with van der Waals surface area (Å²) in [4.78, 5) is 31.5. The Bertz CT molecular complexity index is 1700. The van der Waals surface area contributed by atoms with Gasteiger partial charge in [0.05, 0.1) is 11.4 Å². The van der Waals surface area contributed by atoms with Crippen LogP contribution < -0.4 is 0 Å². The fourth-order valence-corrected chi connectivity index (χ4v) is 4.89.